The van der Waals surface area contributed by atoms with E-state index >= 15 is 0 Å². The van der Waals surface area contributed by atoms with Crippen LogP contribution in [0, 0.1) is 17.2 Å². The van der Waals surface area contributed by atoms with Crippen molar-refractivity contribution in [2.24, 2.45) is 11.7 Å². The molecule has 9 nitrogen and oxygen atoms in total. The van der Waals surface area contributed by atoms with Gasteiger partial charge in [-0.1, -0.05) is 13.5 Å². The van der Waals surface area contributed by atoms with E-state index in [2.05, 4.69) is 15.3 Å². The highest BCUT2D eigenvalue weighted by Crippen LogP contribution is 2.31. The summed E-state index contributed by atoms with van der Waals surface area (Å²) < 4.78 is 11.0. The highest BCUT2D eigenvalue weighted by molar-refractivity contribution is 5.97. The predicted octanol–water partition coefficient (Wildman–Crippen LogP) is 2.97. The van der Waals surface area contributed by atoms with Gasteiger partial charge < -0.3 is 20.9 Å². The largest absolute Gasteiger partial charge is 0.351 e. The van der Waals surface area contributed by atoms with Crippen LogP contribution in [0.1, 0.15) is 37.0 Å². The van der Waals surface area contributed by atoms with Crippen LogP contribution in [0.2, 0.25) is 0 Å². The van der Waals surface area contributed by atoms with Gasteiger partial charge in [-0.25, -0.2) is 19.2 Å². The number of anilines is 2. The highest BCUT2D eigenvalue weighted by Gasteiger charge is 2.27. The Labute approximate surface area is 179 Å². The van der Waals surface area contributed by atoms with Crippen molar-refractivity contribution in [3.05, 3.63) is 24.0 Å². The monoisotopic (exact) mass is 423 g/mol. The molecule has 1 saturated carbocycles. The number of hydrogen-bond donors (Lipinski definition) is 2. The Bertz CT molecular complexity index is 785. The molecule has 10 heteroatoms. The molecule has 168 valence electrons. The zero-order valence-corrected chi connectivity index (χ0v) is 16.6. The quantitative estimate of drug-likeness (QED) is 0.566. The van der Waals surface area contributed by atoms with Crippen molar-refractivity contribution in [1.29, 1.82) is 5.26 Å². The lowest BCUT2D eigenvalue weighted by molar-refractivity contribution is -0.127. The molecule has 3 amide bonds. The van der Waals surface area contributed by atoms with E-state index in [1.54, 1.807) is 11.0 Å². The molecule has 0 bridgehead atoms. The number of nitrogens with one attached hydrogen (secondary N) is 1. The zero-order valence-electron chi connectivity index (χ0n) is 16.6. The summed E-state index contributed by atoms with van der Waals surface area (Å²) in [5.74, 6) is 0.716. The molecule has 0 unspecified atom stereocenters. The van der Waals surface area contributed by atoms with E-state index in [1.165, 1.54) is 26.2 Å². The summed E-state index contributed by atoms with van der Waals surface area (Å²) in [7, 11) is 0. The Morgan fingerprint density at radius 3 is 2.27 bits per heavy atom. The number of rotatable bonds is 4. The third-order valence-corrected chi connectivity index (χ3v) is 4.13. The summed E-state index contributed by atoms with van der Waals surface area (Å²) in [6.07, 6.45) is 6.21. The number of carbonyl (C=O) groups is 2. The molecule has 1 saturated heterocycles. The second-order valence-corrected chi connectivity index (χ2v) is 7.08. The number of urea groups is 1. The van der Waals surface area contributed by atoms with Gasteiger partial charge in [-0.2, -0.15) is 5.26 Å². The van der Waals surface area contributed by atoms with Gasteiger partial charge in [0.15, 0.2) is 0 Å². The Morgan fingerprint density at radius 2 is 1.83 bits per heavy atom. The third kappa shape index (κ3) is 8.03. The Hall–Kier alpha value is -3.22. The summed E-state index contributed by atoms with van der Waals surface area (Å²) in [4.78, 5) is 35.2. The molecule has 1 aliphatic heterocycles. The summed E-state index contributed by atoms with van der Waals surface area (Å²) in [5.41, 5.74) is 5.71. The minimum Gasteiger partial charge on any atom is -0.351 e. The number of halogens is 1. The first-order chi connectivity index (χ1) is 13.8. The van der Waals surface area contributed by atoms with E-state index in [9.17, 15) is 19.2 Å². The lowest BCUT2D eigenvalue weighted by atomic mass is 10.2. The minimum absolute atomic E-state index is 0. The number of nitrogens with two attached hydrogens (primary N) is 1. The number of alkyl halides is 1. The third-order valence-electron chi connectivity index (χ3n) is 4.13. The van der Waals surface area contributed by atoms with E-state index in [1.807, 2.05) is 11.0 Å². The maximum absolute atomic E-state index is 12.4. The summed E-state index contributed by atoms with van der Waals surface area (Å²) in [6.45, 7) is 5.17. The Kier molecular flexibility index (Phi) is 9.68. The van der Waals surface area contributed by atoms with Crippen LogP contribution >= 0.6 is 0 Å². The average Bonchev–Trinajstić information content (AvgIpc) is 3.50. The van der Waals surface area contributed by atoms with Crippen LogP contribution in [0.3, 0.4) is 0 Å². The van der Waals surface area contributed by atoms with Crippen LogP contribution in [0.4, 0.5) is 20.8 Å². The molecular formula is C20H34FN7O2. The van der Waals surface area contributed by atoms with Gasteiger partial charge in [-0.05, 0) is 32.6 Å². The molecule has 3 N–H and O–H groups in total. The minimum atomic E-state index is -0.670. The van der Waals surface area contributed by atoms with Crippen molar-refractivity contribution in [2.75, 3.05) is 36.4 Å². The molecule has 0 spiro atoms. The first kappa shape index (κ1) is 24.8. The second kappa shape index (κ2) is 11.7. The molecule has 2 fully saturated rings. The van der Waals surface area contributed by atoms with Crippen molar-refractivity contribution in [1.82, 2.24) is 14.9 Å². The van der Waals surface area contributed by atoms with Crippen molar-refractivity contribution in [3.8, 4) is 6.07 Å². The number of nitrogens with zero attached hydrogens (tertiary/aromatic N) is 5. The molecule has 0 aromatic carbocycles. The number of aromatic nitrogens is 2. The van der Waals surface area contributed by atoms with Crippen molar-refractivity contribution >= 4 is 23.6 Å². The summed E-state index contributed by atoms with van der Waals surface area (Å²) in [6, 6.07) is 1.35. The first-order valence-electron chi connectivity index (χ1n) is 9.49. The molecule has 1 aromatic rings. The van der Waals surface area contributed by atoms with E-state index in [-0.39, 0.29) is 21.8 Å². The van der Waals surface area contributed by atoms with E-state index in [0.29, 0.717) is 43.7 Å². The molecule has 3 rings (SSSR count). The molecule has 2 aliphatic rings. The number of primary amides is 1. The lowest BCUT2D eigenvalue weighted by Crippen LogP contribution is -2.49. The van der Waals surface area contributed by atoms with Gasteiger partial charge in [-0.3, -0.25) is 4.79 Å². The number of hydrogen-bond acceptors (Lipinski definition) is 6. The van der Waals surface area contributed by atoms with Gasteiger partial charge in [0.2, 0.25) is 5.95 Å². The summed E-state index contributed by atoms with van der Waals surface area (Å²) in [5, 5.41) is 11.6. The molecule has 2 heterocycles. The number of carbonyl (C=O) groups excluding carboxylic acids is 2. The van der Waals surface area contributed by atoms with Crippen LogP contribution in [0.25, 0.3) is 0 Å². The topological polar surface area (TPSA) is 128 Å². The van der Waals surface area contributed by atoms with Crippen LogP contribution in [0.15, 0.2) is 24.0 Å². The van der Waals surface area contributed by atoms with Gasteiger partial charge in [0.05, 0.1) is 24.3 Å². The van der Waals surface area contributed by atoms with Crippen molar-refractivity contribution < 1.29 is 16.8 Å². The number of piperazine rings is 1. The molecule has 1 aliphatic carbocycles. The first-order valence-corrected chi connectivity index (χ1v) is 9.49. The van der Waals surface area contributed by atoms with Crippen LogP contribution in [0.5, 0.6) is 0 Å². The van der Waals surface area contributed by atoms with Gasteiger partial charge in [0.25, 0.3) is 5.91 Å². The van der Waals surface area contributed by atoms with E-state index in [0.717, 1.165) is 12.8 Å². The van der Waals surface area contributed by atoms with Crippen LogP contribution < -0.4 is 16.0 Å². The molecular weight excluding hydrogens is 389 g/mol. The average molecular weight is 424 g/mol. The summed E-state index contributed by atoms with van der Waals surface area (Å²) >= 11 is 0. The number of allylic oxidation sites excluding steroid dienone is 1. The number of amides is 3. The maximum atomic E-state index is 12.4. The van der Waals surface area contributed by atoms with Gasteiger partial charge in [0.1, 0.15) is 11.6 Å². The van der Waals surface area contributed by atoms with Gasteiger partial charge in [-0.15, -0.1) is 0 Å². The van der Waals surface area contributed by atoms with Gasteiger partial charge in [0, 0.05) is 29.0 Å². The van der Waals surface area contributed by atoms with E-state index in [4.69, 9.17) is 5.73 Å². The smallest absolute Gasteiger partial charge is 0.316 e. The zero-order chi connectivity index (χ0) is 21.4. The van der Waals surface area contributed by atoms with Crippen molar-refractivity contribution in [3.63, 3.8) is 0 Å². The van der Waals surface area contributed by atoms with Crippen molar-refractivity contribution in [2.45, 2.75) is 40.3 Å². The SMILES string of the molecule is C.CC(C)F.N#C/C(=C\C1CC1)C(=O)N1CCN(c2ncc(NC(N)=O)cn2)CC1.[HH].[HH]. The Morgan fingerprint density at radius 1 is 1.30 bits per heavy atom. The Balaban J connectivity index is 0. The molecule has 30 heavy (non-hydrogen) atoms. The lowest BCUT2D eigenvalue weighted by Gasteiger charge is -2.34. The second-order valence-electron chi connectivity index (χ2n) is 7.08. The predicted molar refractivity (Wildman–Crippen MR) is 118 cm³/mol. The fourth-order valence-electron chi connectivity index (χ4n) is 2.63. The molecule has 0 atom stereocenters. The maximum Gasteiger partial charge on any atom is 0.316 e. The molecule has 0 radical (unpaired) electrons. The normalized spacial score (nSPS) is 16.0. The van der Waals surface area contributed by atoms with Crippen LogP contribution in [-0.4, -0.2) is 59.2 Å². The standard InChI is InChI=1S/C16H19N7O2.C3H7F.CH4.2H2/c17-8-12(7-11-1-2-11)14(24)22-3-5-23(6-4-22)16-19-9-13(10-20-16)21-15(18)25;1-3(2)4;;;/h7,9-11H,1-6H2,(H3,18,21,25);3H,1-2H3;1H4;2*1H/b12-7+;;;;. The molecule has 1 aromatic heterocycles. The van der Waals surface area contributed by atoms with Crippen LogP contribution in [-0.2, 0) is 4.79 Å². The van der Waals surface area contributed by atoms with Gasteiger partial charge >= 0.3 is 6.03 Å². The fraction of sp³-hybridized carbons (Fsp3) is 0.550. The fourth-order valence-corrected chi connectivity index (χ4v) is 2.63. The highest BCUT2D eigenvalue weighted by atomic mass is 19.1. The number of nitriles is 1. The van der Waals surface area contributed by atoms with E-state index < -0.39 is 12.2 Å².